The molecule has 4 rings (SSSR count). The van der Waals surface area contributed by atoms with Gasteiger partial charge in [-0.15, -0.1) is 0 Å². The second-order valence-corrected chi connectivity index (χ2v) is 8.62. The highest BCUT2D eigenvalue weighted by molar-refractivity contribution is 5.80. The summed E-state index contributed by atoms with van der Waals surface area (Å²) in [6, 6.07) is 9.66. The molecule has 2 heterocycles. The number of hydrogen-bond donors (Lipinski definition) is 2. The number of nitrogens with zero attached hydrogens (tertiary/aromatic N) is 2. The third-order valence-electron chi connectivity index (χ3n) is 6.21. The Kier molecular flexibility index (Phi) is 6.24. The Hall–Kier alpha value is -2.53. The average molecular weight is 427 g/mol. The molecule has 2 aliphatic rings. The van der Waals surface area contributed by atoms with Gasteiger partial charge in [0.15, 0.2) is 0 Å². The number of hydrogen-bond acceptors (Lipinski definition) is 5. The summed E-state index contributed by atoms with van der Waals surface area (Å²) in [7, 11) is 0. The summed E-state index contributed by atoms with van der Waals surface area (Å²) in [5.41, 5.74) is 1.10. The van der Waals surface area contributed by atoms with E-state index in [4.69, 9.17) is 10.00 Å². The minimum absolute atomic E-state index is 0.0717. The van der Waals surface area contributed by atoms with Gasteiger partial charge in [0.2, 0.25) is 0 Å². The van der Waals surface area contributed by atoms with E-state index in [1.807, 2.05) is 24.0 Å². The van der Waals surface area contributed by atoms with Gasteiger partial charge in [0.1, 0.15) is 17.7 Å². The monoisotopic (exact) mass is 427 g/mol. The van der Waals surface area contributed by atoms with Crippen LogP contribution in [0.4, 0.5) is 14.5 Å². The van der Waals surface area contributed by atoms with E-state index in [2.05, 4.69) is 5.32 Å². The molecule has 2 aromatic carbocycles. The highest BCUT2D eigenvalue weighted by Gasteiger charge is 2.30. The topological polar surface area (TPSA) is 68.5 Å². The van der Waals surface area contributed by atoms with E-state index in [1.165, 1.54) is 12.1 Å². The molecule has 31 heavy (non-hydrogen) atoms. The Morgan fingerprint density at radius 2 is 2.03 bits per heavy atom. The molecule has 2 aliphatic heterocycles. The molecule has 0 aromatic heterocycles. The number of benzene rings is 2. The van der Waals surface area contributed by atoms with Gasteiger partial charge in [0.25, 0.3) is 0 Å². The number of anilines is 1. The Morgan fingerprint density at radius 1 is 1.26 bits per heavy atom. The second kappa shape index (κ2) is 8.91. The summed E-state index contributed by atoms with van der Waals surface area (Å²) in [6.07, 6.45) is 1.43. The molecule has 164 valence electrons. The molecule has 0 saturated carbocycles. The summed E-state index contributed by atoms with van der Waals surface area (Å²) in [6.45, 7) is 4.99. The minimum Gasteiger partial charge on any atom is -0.390 e. The highest BCUT2D eigenvalue weighted by Crippen LogP contribution is 2.38. The normalized spacial score (nSPS) is 21.0. The summed E-state index contributed by atoms with van der Waals surface area (Å²) in [5.74, 6) is -1.06. The molecule has 0 aliphatic carbocycles. The number of ether oxygens (including phenoxy) is 1. The van der Waals surface area contributed by atoms with Gasteiger partial charge >= 0.3 is 0 Å². The molecule has 2 saturated heterocycles. The molecular formula is C24H27F2N3O2. The number of nitrogens with one attached hydrogen (secondary N) is 1. The van der Waals surface area contributed by atoms with Gasteiger partial charge in [-0.05, 0) is 49.1 Å². The van der Waals surface area contributed by atoms with Gasteiger partial charge in [0.05, 0.1) is 23.9 Å². The molecule has 7 heteroatoms. The van der Waals surface area contributed by atoms with Crippen LogP contribution >= 0.6 is 0 Å². The quantitative estimate of drug-likeness (QED) is 0.783. The summed E-state index contributed by atoms with van der Waals surface area (Å²) in [4.78, 5) is 2.04. The molecule has 5 nitrogen and oxygen atoms in total. The van der Waals surface area contributed by atoms with Gasteiger partial charge in [-0.2, -0.15) is 5.26 Å². The van der Waals surface area contributed by atoms with Crippen molar-refractivity contribution in [2.75, 3.05) is 37.7 Å². The van der Waals surface area contributed by atoms with Gasteiger partial charge in [-0.25, -0.2) is 8.78 Å². The first kappa shape index (κ1) is 21.7. The van der Waals surface area contributed by atoms with Crippen molar-refractivity contribution < 1.29 is 18.6 Å². The van der Waals surface area contributed by atoms with E-state index in [0.29, 0.717) is 67.9 Å². The minimum atomic E-state index is -0.735. The molecule has 0 bridgehead atoms. The van der Waals surface area contributed by atoms with Crippen molar-refractivity contribution in [3.05, 3.63) is 53.1 Å². The third kappa shape index (κ3) is 4.72. The van der Waals surface area contributed by atoms with Gasteiger partial charge in [-0.1, -0.05) is 12.1 Å². The number of aliphatic hydroxyl groups is 1. The standard InChI is InChI=1S/C24H27F2N3O2/c1-24(30)6-9-29(10-7-24)21-5-4-17(12-19-15-28-8-11-31-19)23(26)22(21)16-2-3-18(14-27)20(25)13-16/h2-5,13,19,28,30H,6-12,15H2,1H3. The van der Waals surface area contributed by atoms with Crippen molar-refractivity contribution in [3.63, 3.8) is 0 Å². The molecule has 1 atom stereocenters. The van der Waals surface area contributed by atoms with Gasteiger partial charge < -0.3 is 20.1 Å². The van der Waals surface area contributed by atoms with Crippen molar-refractivity contribution in [3.8, 4) is 17.2 Å². The molecule has 0 radical (unpaired) electrons. The van der Waals surface area contributed by atoms with Crippen molar-refractivity contribution in [2.45, 2.75) is 37.9 Å². The van der Waals surface area contributed by atoms with Crippen LogP contribution in [0.15, 0.2) is 30.3 Å². The number of morpholine rings is 1. The maximum atomic E-state index is 15.9. The highest BCUT2D eigenvalue weighted by atomic mass is 19.1. The second-order valence-electron chi connectivity index (χ2n) is 8.62. The van der Waals surface area contributed by atoms with E-state index in [-0.39, 0.29) is 11.7 Å². The van der Waals surface area contributed by atoms with Crippen LogP contribution in [0.25, 0.3) is 11.1 Å². The van der Waals surface area contributed by atoms with Crippen LogP contribution in [0.5, 0.6) is 0 Å². The zero-order valence-electron chi connectivity index (χ0n) is 17.6. The van der Waals surface area contributed by atoms with Crippen LogP contribution in [0.1, 0.15) is 30.9 Å². The molecule has 2 N–H and O–H groups in total. The van der Waals surface area contributed by atoms with Crippen LogP contribution < -0.4 is 10.2 Å². The van der Waals surface area contributed by atoms with Crippen molar-refractivity contribution in [1.82, 2.24) is 5.32 Å². The Bertz CT molecular complexity index is 987. The maximum absolute atomic E-state index is 15.9. The van der Waals surface area contributed by atoms with Crippen molar-refractivity contribution in [1.29, 1.82) is 5.26 Å². The fraction of sp³-hybridized carbons (Fsp3) is 0.458. The molecular weight excluding hydrogens is 400 g/mol. The lowest BCUT2D eigenvalue weighted by atomic mass is 9.91. The molecule has 1 unspecified atom stereocenters. The van der Waals surface area contributed by atoms with Crippen LogP contribution in [-0.2, 0) is 11.2 Å². The fourth-order valence-corrected chi connectivity index (χ4v) is 4.29. The summed E-state index contributed by atoms with van der Waals surface area (Å²) < 4.78 is 36.0. The first-order valence-corrected chi connectivity index (χ1v) is 10.7. The van der Waals surface area contributed by atoms with E-state index >= 15 is 4.39 Å². The predicted octanol–water partition coefficient (Wildman–Crippen LogP) is 3.39. The Balaban J connectivity index is 1.74. The van der Waals surface area contributed by atoms with Crippen LogP contribution in [0.3, 0.4) is 0 Å². The smallest absolute Gasteiger partial charge is 0.141 e. The number of rotatable bonds is 4. The van der Waals surface area contributed by atoms with Gasteiger partial charge in [0, 0.05) is 43.9 Å². The van der Waals surface area contributed by atoms with E-state index < -0.39 is 17.2 Å². The van der Waals surface area contributed by atoms with E-state index in [1.54, 1.807) is 12.1 Å². The zero-order chi connectivity index (χ0) is 22.0. The average Bonchev–Trinajstić information content (AvgIpc) is 2.76. The molecule has 0 spiro atoms. The van der Waals surface area contributed by atoms with Crippen molar-refractivity contribution >= 4 is 5.69 Å². The van der Waals surface area contributed by atoms with Gasteiger partial charge in [-0.3, -0.25) is 0 Å². The maximum Gasteiger partial charge on any atom is 0.141 e. The third-order valence-corrected chi connectivity index (χ3v) is 6.21. The molecule has 2 aromatic rings. The van der Waals surface area contributed by atoms with E-state index in [9.17, 15) is 9.50 Å². The lowest BCUT2D eigenvalue weighted by Crippen LogP contribution is -2.42. The lowest BCUT2D eigenvalue weighted by molar-refractivity contribution is 0.0287. The molecule has 2 fully saturated rings. The van der Waals surface area contributed by atoms with Crippen LogP contribution in [0, 0.1) is 23.0 Å². The van der Waals surface area contributed by atoms with Crippen LogP contribution in [0.2, 0.25) is 0 Å². The lowest BCUT2D eigenvalue weighted by Gasteiger charge is -2.38. The first-order valence-electron chi connectivity index (χ1n) is 10.7. The zero-order valence-corrected chi connectivity index (χ0v) is 17.6. The first-order chi connectivity index (χ1) is 14.9. The number of piperidine rings is 1. The number of halogens is 2. The summed E-state index contributed by atoms with van der Waals surface area (Å²) >= 11 is 0. The predicted molar refractivity (Wildman–Crippen MR) is 115 cm³/mol. The SMILES string of the molecule is CC1(O)CCN(c2ccc(CC3CNCCO3)c(F)c2-c2ccc(C#N)c(F)c2)CC1. The fourth-order valence-electron chi connectivity index (χ4n) is 4.29. The molecule has 0 amide bonds. The number of nitriles is 1. The Labute approximate surface area is 181 Å². The summed E-state index contributed by atoms with van der Waals surface area (Å²) in [5, 5.41) is 22.6. The largest absolute Gasteiger partial charge is 0.390 e. The Morgan fingerprint density at radius 3 is 2.68 bits per heavy atom. The van der Waals surface area contributed by atoms with E-state index in [0.717, 1.165) is 6.54 Å². The van der Waals surface area contributed by atoms with Crippen molar-refractivity contribution in [2.24, 2.45) is 0 Å². The van der Waals surface area contributed by atoms with Crippen LogP contribution in [-0.4, -0.2) is 49.6 Å².